The van der Waals surface area contributed by atoms with Crippen molar-refractivity contribution >= 4 is 11.4 Å². The van der Waals surface area contributed by atoms with Crippen LogP contribution in [0, 0.1) is 0 Å². The van der Waals surface area contributed by atoms with E-state index in [-0.39, 0.29) is 0 Å². The second-order valence-corrected chi connectivity index (χ2v) is 5.05. The summed E-state index contributed by atoms with van der Waals surface area (Å²) in [5.41, 5.74) is 3.47. The number of rotatable bonds is 5. The van der Waals surface area contributed by atoms with Crippen molar-refractivity contribution in [3.63, 3.8) is 0 Å². The van der Waals surface area contributed by atoms with Crippen molar-refractivity contribution in [3.05, 3.63) is 41.5 Å². The molecule has 0 unspecified atom stereocenters. The molecule has 0 fully saturated rings. The van der Waals surface area contributed by atoms with Crippen LogP contribution in [0.25, 0.3) is 5.57 Å². The van der Waals surface area contributed by atoms with Gasteiger partial charge in [0, 0.05) is 12.0 Å². The Bertz CT molecular complexity index is 443. The van der Waals surface area contributed by atoms with Gasteiger partial charge < -0.3 is 0 Å². The predicted molar refractivity (Wildman–Crippen MR) is 76.7 cm³/mol. The van der Waals surface area contributed by atoms with Crippen molar-refractivity contribution in [1.82, 2.24) is 0 Å². The van der Waals surface area contributed by atoms with Crippen molar-refractivity contribution in [2.24, 2.45) is 0 Å². The molecule has 0 atom stereocenters. The summed E-state index contributed by atoms with van der Waals surface area (Å²) < 4.78 is 0. The molecule has 18 heavy (non-hydrogen) atoms. The Kier molecular flexibility index (Phi) is 4.74. The van der Waals surface area contributed by atoms with Gasteiger partial charge in [0.2, 0.25) is 0 Å². The highest BCUT2D eigenvalue weighted by Crippen LogP contribution is 2.31. The first-order valence-electron chi connectivity index (χ1n) is 7.14. The van der Waals surface area contributed by atoms with Gasteiger partial charge in [-0.3, -0.25) is 4.79 Å². The van der Waals surface area contributed by atoms with E-state index in [0.29, 0.717) is 12.2 Å². The van der Waals surface area contributed by atoms with Gasteiger partial charge in [0.05, 0.1) is 0 Å². The molecule has 1 aliphatic rings. The molecule has 1 heteroatoms. The van der Waals surface area contributed by atoms with Crippen LogP contribution in [0.1, 0.15) is 67.8 Å². The Morgan fingerprint density at radius 1 is 1.06 bits per heavy atom. The minimum absolute atomic E-state index is 0.300. The highest BCUT2D eigenvalue weighted by Gasteiger charge is 2.19. The number of hydrogen-bond acceptors (Lipinski definition) is 1. The zero-order valence-corrected chi connectivity index (χ0v) is 11.2. The monoisotopic (exact) mass is 242 g/mol. The third-order valence-corrected chi connectivity index (χ3v) is 3.64. The topological polar surface area (TPSA) is 17.1 Å². The quantitative estimate of drug-likeness (QED) is 0.663. The molecule has 0 aromatic heterocycles. The molecule has 0 bridgehead atoms. The Morgan fingerprint density at radius 2 is 1.83 bits per heavy atom. The van der Waals surface area contributed by atoms with Crippen LogP contribution in [0.15, 0.2) is 30.3 Å². The molecule has 0 radical (unpaired) electrons. The summed E-state index contributed by atoms with van der Waals surface area (Å²) in [6, 6.07) is 8.04. The van der Waals surface area contributed by atoms with E-state index in [1.54, 1.807) is 0 Å². The summed E-state index contributed by atoms with van der Waals surface area (Å²) in [6.45, 7) is 2.24. The molecule has 0 saturated heterocycles. The summed E-state index contributed by atoms with van der Waals surface area (Å²) >= 11 is 0. The summed E-state index contributed by atoms with van der Waals surface area (Å²) in [7, 11) is 0. The minimum Gasteiger partial charge on any atom is -0.294 e. The molecular weight excluding hydrogens is 220 g/mol. The lowest BCUT2D eigenvalue weighted by Crippen LogP contribution is -2.09. The fourth-order valence-electron chi connectivity index (χ4n) is 2.58. The van der Waals surface area contributed by atoms with Gasteiger partial charge in [0.1, 0.15) is 0 Å². The number of fused-ring (bicyclic) bond motifs is 1. The van der Waals surface area contributed by atoms with Crippen LogP contribution in [0.2, 0.25) is 0 Å². The zero-order chi connectivity index (χ0) is 12.8. The van der Waals surface area contributed by atoms with Crippen LogP contribution in [-0.2, 0) is 0 Å². The van der Waals surface area contributed by atoms with Crippen molar-refractivity contribution in [3.8, 4) is 0 Å². The molecule has 1 aliphatic carbocycles. The van der Waals surface area contributed by atoms with E-state index in [1.165, 1.54) is 36.8 Å². The first-order chi connectivity index (χ1) is 8.83. The van der Waals surface area contributed by atoms with E-state index >= 15 is 0 Å². The summed E-state index contributed by atoms with van der Waals surface area (Å²) in [5.74, 6) is 0.300. The summed E-state index contributed by atoms with van der Waals surface area (Å²) in [6.07, 6.45) is 10.3. The van der Waals surface area contributed by atoms with Gasteiger partial charge in [-0.1, -0.05) is 56.5 Å². The van der Waals surface area contributed by atoms with Crippen LogP contribution in [0.5, 0.6) is 0 Å². The fourth-order valence-corrected chi connectivity index (χ4v) is 2.58. The number of Topliss-reactive ketones (excluding diaryl/α,β-unsaturated/α-hetero) is 1. The van der Waals surface area contributed by atoms with Gasteiger partial charge >= 0.3 is 0 Å². The van der Waals surface area contributed by atoms with E-state index in [4.69, 9.17) is 0 Å². The first-order valence-corrected chi connectivity index (χ1v) is 7.14. The van der Waals surface area contributed by atoms with Crippen LogP contribution in [0.4, 0.5) is 0 Å². The zero-order valence-electron chi connectivity index (χ0n) is 11.2. The summed E-state index contributed by atoms with van der Waals surface area (Å²) in [4.78, 5) is 11.8. The van der Waals surface area contributed by atoms with Crippen molar-refractivity contribution in [2.45, 2.75) is 51.9 Å². The molecular formula is C17H22O. The Morgan fingerprint density at radius 3 is 2.61 bits per heavy atom. The van der Waals surface area contributed by atoms with Crippen LogP contribution < -0.4 is 0 Å². The third-order valence-electron chi connectivity index (χ3n) is 3.64. The maximum Gasteiger partial charge on any atom is 0.163 e. The Balaban J connectivity index is 2.04. The van der Waals surface area contributed by atoms with E-state index in [9.17, 15) is 4.79 Å². The van der Waals surface area contributed by atoms with Crippen LogP contribution >= 0.6 is 0 Å². The average molecular weight is 242 g/mol. The second kappa shape index (κ2) is 6.53. The maximum atomic E-state index is 11.8. The molecule has 0 amide bonds. The number of hydrogen-bond donors (Lipinski definition) is 0. The number of unbranched alkanes of at least 4 members (excludes halogenated alkanes) is 4. The normalized spacial score (nSPS) is 16.9. The number of allylic oxidation sites excluding steroid dienone is 2. The minimum atomic E-state index is 0.300. The molecule has 1 nitrogen and oxygen atoms in total. The molecule has 2 rings (SSSR count). The number of benzene rings is 1. The Labute approximate surface area is 110 Å². The highest BCUT2D eigenvalue weighted by molar-refractivity contribution is 6.03. The van der Waals surface area contributed by atoms with Gasteiger partial charge in [-0.25, -0.2) is 0 Å². The van der Waals surface area contributed by atoms with E-state index in [2.05, 4.69) is 19.1 Å². The molecule has 0 spiro atoms. The smallest absolute Gasteiger partial charge is 0.163 e. The average Bonchev–Trinajstić information content (AvgIpc) is 2.41. The lowest BCUT2D eigenvalue weighted by atomic mass is 9.86. The molecule has 0 heterocycles. The van der Waals surface area contributed by atoms with Crippen molar-refractivity contribution in [1.29, 1.82) is 0 Å². The standard InChI is InChI=1S/C17H22O/c1-2-3-4-5-6-9-14-12-13-17(18)16-11-8-7-10-15(14)16/h7-11H,2-6,12-13H2,1H3/b14-9-. The van der Waals surface area contributed by atoms with Crippen molar-refractivity contribution < 1.29 is 4.79 Å². The lowest BCUT2D eigenvalue weighted by Gasteiger charge is -2.17. The summed E-state index contributed by atoms with van der Waals surface area (Å²) in [5, 5.41) is 0. The van der Waals surface area contributed by atoms with E-state index < -0.39 is 0 Å². The number of ketones is 1. The van der Waals surface area contributed by atoms with Gasteiger partial charge in [-0.15, -0.1) is 0 Å². The maximum absolute atomic E-state index is 11.8. The van der Waals surface area contributed by atoms with E-state index in [1.807, 2.05) is 18.2 Å². The largest absolute Gasteiger partial charge is 0.294 e. The first kappa shape index (κ1) is 13.1. The molecule has 0 saturated carbocycles. The number of carbonyl (C=O) groups is 1. The number of carbonyl (C=O) groups excluding carboxylic acids is 1. The van der Waals surface area contributed by atoms with Crippen LogP contribution in [0.3, 0.4) is 0 Å². The van der Waals surface area contributed by atoms with Crippen LogP contribution in [-0.4, -0.2) is 5.78 Å². The molecule has 0 N–H and O–H groups in total. The molecule has 96 valence electrons. The third kappa shape index (κ3) is 3.10. The lowest BCUT2D eigenvalue weighted by molar-refractivity contribution is 0.0980. The predicted octanol–water partition coefficient (Wildman–Crippen LogP) is 5.02. The van der Waals surface area contributed by atoms with Gasteiger partial charge in [-0.05, 0) is 30.4 Å². The molecule has 0 aliphatic heterocycles. The fraction of sp³-hybridized carbons (Fsp3) is 0.471. The SMILES string of the molecule is CCCCCC/C=C1/CCC(=O)c2ccccc21. The van der Waals surface area contributed by atoms with E-state index in [0.717, 1.165) is 18.4 Å². The molecule has 1 aromatic rings. The van der Waals surface area contributed by atoms with Gasteiger partial charge in [0.15, 0.2) is 5.78 Å². The highest BCUT2D eigenvalue weighted by atomic mass is 16.1. The van der Waals surface area contributed by atoms with Gasteiger partial charge in [0.25, 0.3) is 0 Å². The van der Waals surface area contributed by atoms with Gasteiger partial charge in [-0.2, -0.15) is 0 Å². The van der Waals surface area contributed by atoms with Crippen molar-refractivity contribution in [2.75, 3.05) is 0 Å². The Hall–Kier alpha value is -1.37. The second-order valence-electron chi connectivity index (χ2n) is 5.05. The molecule has 1 aromatic carbocycles.